The number of imide groups is 2. The van der Waals surface area contributed by atoms with Gasteiger partial charge in [-0.3, -0.25) is 29.4 Å². The zero-order valence-corrected chi connectivity index (χ0v) is 31.6. The van der Waals surface area contributed by atoms with Crippen molar-refractivity contribution >= 4 is 35.3 Å². The summed E-state index contributed by atoms with van der Waals surface area (Å²) in [5.74, 6) is 0.377. The number of rotatable bonds is 11. The summed E-state index contributed by atoms with van der Waals surface area (Å²) in [4.78, 5) is 62.7. The molecule has 4 aliphatic heterocycles. The number of hydrogen-bond acceptors (Lipinski definition) is 11. The minimum atomic E-state index is -0.983. The molecule has 2 aliphatic carbocycles. The number of aromatic nitrogens is 2. The van der Waals surface area contributed by atoms with Crippen molar-refractivity contribution in [1.29, 1.82) is 0 Å². The second-order valence-electron chi connectivity index (χ2n) is 16.6. The largest absolute Gasteiger partial charge is 0.490 e. The number of anilines is 2. The molecule has 1 aromatic heterocycles. The molecule has 2 saturated carbocycles. The Morgan fingerprint density at radius 3 is 2.23 bits per heavy atom. The van der Waals surface area contributed by atoms with E-state index in [2.05, 4.69) is 69.0 Å². The first kappa shape index (κ1) is 35.6. The molecular formula is C44H44N6O7. The zero-order valence-electron chi connectivity index (χ0n) is 31.6. The van der Waals surface area contributed by atoms with E-state index in [1.54, 1.807) is 18.2 Å². The standard InChI is InChI=1S/C44H44N6O7/c51-38-14-13-37(39(52)48-38)50-40(53)35-12-7-29(21-36(35)41(50)54)46-31-19-34(20-31)57-33-10-5-28(6-11-33)44(16-1-2-17-44)27-3-8-32(9-4-27)56-22-30-15-18-45-42(47-30)49-23-43(24-49)25-55-26-43/h3-12,15,18,21,31,34,37,46H,1-2,13-14,16-17,19-20,22-26H2,(H,48,51,52). The van der Waals surface area contributed by atoms with Gasteiger partial charge in [0.2, 0.25) is 17.8 Å². The molecule has 1 spiro atoms. The van der Waals surface area contributed by atoms with Crippen molar-refractivity contribution in [2.45, 2.75) is 81.6 Å². The summed E-state index contributed by atoms with van der Waals surface area (Å²) in [6.07, 6.45) is 8.21. The molecule has 1 unspecified atom stereocenters. The first-order chi connectivity index (χ1) is 27.7. The minimum absolute atomic E-state index is 0.0507. The molecule has 5 fully saturated rings. The quantitative estimate of drug-likeness (QED) is 0.194. The van der Waals surface area contributed by atoms with Crippen molar-refractivity contribution < 1.29 is 33.4 Å². The lowest BCUT2D eigenvalue weighted by molar-refractivity contribution is -0.136. The van der Waals surface area contributed by atoms with Crippen molar-refractivity contribution in [1.82, 2.24) is 20.2 Å². The van der Waals surface area contributed by atoms with Crippen LogP contribution in [0.2, 0.25) is 0 Å². The molecule has 292 valence electrons. The van der Waals surface area contributed by atoms with E-state index in [1.807, 2.05) is 12.3 Å². The van der Waals surface area contributed by atoms with E-state index < -0.39 is 29.7 Å². The van der Waals surface area contributed by atoms with E-state index in [9.17, 15) is 19.2 Å². The molecule has 1 atom stereocenters. The normalized spacial score (nSPS) is 24.3. The first-order valence-corrected chi connectivity index (χ1v) is 20.0. The van der Waals surface area contributed by atoms with Gasteiger partial charge in [0.05, 0.1) is 35.4 Å². The van der Waals surface area contributed by atoms with Crippen LogP contribution in [0.1, 0.15) is 88.9 Å². The fourth-order valence-corrected chi connectivity index (χ4v) is 9.47. The van der Waals surface area contributed by atoms with Gasteiger partial charge in [0, 0.05) is 55.7 Å². The van der Waals surface area contributed by atoms with E-state index >= 15 is 0 Å². The van der Waals surface area contributed by atoms with Gasteiger partial charge in [-0.2, -0.15) is 0 Å². The number of amides is 4. The first-order valence-electron chi connectivity index (χ1n) is 20.0. The van der Waals surface area contributed by atoms with E-state index in [4.69, 9.17) is 19.2 Å². The Labute approximate surface area is 330 Å². The van der Waals surface area contributed by atoms with Gasteiger partial charge in [0.15, 0.2) is 0 Å². The molecular weight excluding hydrogens is 725 g/mol. The van der Waals surface area contributed by atoms with Crippen LogP contribution in [0.5, 0.6) is 11.5 Å². The molecule has 3 aromatic carbocycles. The number of fused-ring (bicyclic) bond motifs is 1. The average Bonchev–Trinajstić information content (AvgIpc) is 3.76. The molecule has 10 rings (SSSR count). The third-order valence-corrected chi connectivity index (χ3v) is 12.7. The van der Waals surface area contributed by atoms with Crippen LogP contribution in [-0.2, 0) is 26.3 Å². The van der Waals surface area contributed by atoms with Gasteiger partial charge < -0.3 is 24.4 Å². The SMILES string of the molecule is O=C1CCC(N2C(=O)c3ccc(NC4CC(Oc5ccc(C6(c7ccc(OCc8ccnc(N9CC%10(COC%10)C9)n8)cc7)CCCC6)cc5)C4)cc3C2=O)C(=O)N1. The van der Waals surface area contributed by atoms with E-state index in [0.29, 0.717) is 12.0 Å². The fourth-order valence-electron chi connectivity index (χ4n) is 9.47. The molecule has 2 N–H and O–H groups in total. The van der Waals surface area contributed by atoms with Crippen LogP contribution in [-0.4, -0.2) is 83.0 Å². The highest BCUT2D eigenvalue weighted by molar-refractivity contribution is 6.23. The van der Waals surface area contributed by atoms with Crippen molar-refractivity contribution in [2.75, 3.05) is 36.5 Å². The summed E-state index contributed by atoms with van der Waals surface area (Å²) in [5.41, 5.74) is 4.97. The molecule has 57 heavy (non-hydrogen) atoms. The predicted molar refractivity (Wildman–Crippen MR) is 208 cm³/mol. The lowest BCUT2D eigenvalue weighted by Gasteiger charge is -2.54. The van der Waals surface area contributed by atoms with Gasteiger partial charge in [0.25, 0.3) is 11.8 Å². The highest BCUT2D eigenvalue weighted by atomic mass is 16.5. The van der Waals surface area contributed by atoms with Gasteiger partial charge in [-0.05, 0) is 78.9 Å². The van der Waals surface area contributed by atoms with Crippen molar-refractivity contribution in [3.05, 3.63) is 107 Å². The number of hydrogen-bond donors (Lipinski definition) is 2. The van der Waals surface area contributed by atoms with Crippen LogP contribution in [0.3, 0.4) is 0 Å². The minimum Gasteiger partial charge on any atom is -0.490 e. The Bertz CT molecular complexity index is 2240. The molecule has 0 radical (unpaired) electrons. The molecule has 13 nitrogen and oxygen atoms in total. The summed E-state index contributed by atoms with van der Waals surface area (Å²) in [5, 5.41) is 5.70. The number of benzene rings is 3. The van der Waals surface area contributed by atoms with Gasteiger partial charge in [0.1, 0.15) is 30.3 Å². The van der Waals surface area contributed by atoms with Gasteiger partial charge in [-0.25, -0.2) is 9.97 Å². The molecule has 5 heterocycles. The van der Waals surface area contributed by atoms with Crippen LogP contribution in [0.15, 0.2) is 79.0 Å². The summed E-state index contributed by atoms with van der Waals surface area (Å²) in [6.45, 7) is 3.94. The third-order valence-electron chi connectivity index (χ3n) is 12.7. The Morgan fingerprint density at radius 1 is 0.842 bits per heavy atom. The Balaban J connectivity index is 0.726. The van der Waals surface area contributed by atoms with E-state index in [-0.39, 0.29) is 41.5 Å². The Morgan fingerprint density at radius 2 is 1.54 bits per heavy atom. The van der Waals surface area contributed by atoms with E-state index in [0.717, 1.165) is 85.7 Å². The molecule has 4 amide bonds. The maximum absolute atomic E-state index is 13.2. The highest BCUT2D eigenvalue weighted by Gasteiger charge is 2.50. The summed E-state index contributed by atoms with van der Waals surface area (Å²) in [7, 11) is 0. The van der Waals surface area contributed by atoms with Crippen LogP contribution in [0.4, 0.5) is 11.6 Å². The number of ether oxygens (including phenoxy) is 3. The summed E-state index contributed by atoms with van der Waals surface area (Å²) >= 11 is 0. The smallest absolute Gasteiger partial charge is 0.262 e. The van der Waals surface area contributed by atoms with Gasteiger partial charge >= 0.3 is 0 Å². The second kappa shape index (κ2) is 14.0. The lowest BCUT2D eigenvalue weighted by Crippen LogP contribution is -2.66. The monoisotopic (exact) mass is 768 g/mol. The number of carbonyl (C=O) groups is 4. The van der Waals surface area contributed by atoms with Crippen molar-refractivity contribution in [3.63, 3.8) is 0 Å². The number of nitrogens with zero attached hydrogens (tertiary/aromatic N) is 4. The number of nitrogens with one attached hydrogen (secondary N) is 2. The van der Waals surface area contributed by atoms with Gasteiger partial charge in [-0.1, -0.05) is 37.1 Å². The van der Waals surface area contributed by atoms with Gasteiger partial charge in [-0.15, -0.1) is 0 Å². The van der Waals surface area contributed by atoms with Crippen molar-refractivity contribution in [3.8, 4) is 11.5 Å². The van der Waals surface area contributed by atoms with Crippen LogP contribution >= 0.6 is 0 Å². The molecule has 4 aromatic rings. The van der Waals surface area contributed by atoms with Crippen LogP contribution in [0, 0.1) is 5.41 Å². The number of carbonyl (C=O) groups excluding carboxylic acids is 4. The second-order valence-corrected chi connectivity index (χ2v) is 16.6. The third kappa shape index (κ3) is 6.47. The molecule has 0 bridgehead atoms. The summed E-state index contributed by atoms with van der Waals surface area (Å²) in [6, 6.07) is 23.3. The van der Waals surface area contributed by atoms with Crippen LogP contribution in [0.25, 0.3) is 0 Å². The van der Waals surface area contributed by atoms with Crippen molar-refractivity contribution in [2.24, 2.45) is 5.41 Å². The zero-order chi connectivity index (χ0) is 38.7. The fraction of sp³-hybridized carbons (Fsp3) is 0.409. The summed E-state index contributed by atoms with van der Waals surface area (Å²) < 4.78 is 17.9. The maximum Gasteiger partial charge on any atom is 0.262 e. The topological polar surface area (TPSA) is 152 Å². The molecule has 13 heteroatoms. The predicted octanol–water partition coefficient (Wildman–Crippen LogP) is 5.18. The van der Waals surface area contributed by atoms with Crippen LogP contribution < -0.4 is 25.0 Å². The Hall–Kier alpha value is -5.82. The lowest BCUT2D eigenvalue weighted by atomic mass is 9.73. The van der Waals surface area contributed by atoms with E-state index in [1.165, 1.54) is 24.0 Å². The Kier molecular flexibility index (Phi) is 8.73. The maximum atomic E-state index is 13.2. The molecule has 3 saturated heterocycles. The average molecular weight is 769 g/mol. The number of piperidine rings is 1. The highest BCUT2D eigenvalue weighted by Crippen LogP contribution is 2.47. The molecule has 6 aliphatic rings.